The van der Waals surface area contributed by atoms with Crippen LogP contribution < -0.4 is 10.9 Å². The van der Waals surface area contributed by atoms with Gasteiger partial charge in [-0.3, -0.25) is 0 Å². The number of aliphatic hydroxyl groups excluding tert-OH is 4. The van der Waals surface area contributed by atoms with E-state index in [0.29, 0.717) is 26.5 Å². The van der Waals surface area contributed by atoms with Gasteiger partial charge in [0.2, 0.25) is 0 Å². The number of anilines is 1. The van der Waals surface area contributed by atoms with E-state index in [4.69, 9.17) is 9.52 Å². The first-order valence-electron chi connectivity index (χ1n) is 6.97. The van der Waals surface area contributed by atoms with Crippen molar-refractivity contribution in [2.75, 3.05) is 11.9 Å². The monoisotopic (exact) mass is 449 g/mol. The van der Waals surface area contributed by atoms with E-state index in [-0.39, 0.29) is 0 Å². The van der Waals surface area contributed by atoms with Crippen molar-refractivity contribution in [3.05, 3.63) is 38.3 Å². The van der Waals surface area contributed by atoms with E-state index in [9.17, 15) is 24.9 Å². The minimum absolute atomic E-state index is 0.298. The highest BCUT2D eigenvalue weighted by atomic mass is 127. The van der Waals surface area contributed by atoms with Crippen LogP contribution in [0.3, 0.4) is 0 Å². The number of halogens is 1. The second-order valence-electron chi connectivity index (χ2n) is 5.16. The summed E-state index contributed by atoms with van der Waals surface area (Å²) in [6.45, 7) is -0.761. The zero-order valence-electron chi connectivity index (χ0n) is 12.3. The second-order valence-corrected chi connectivity index (χ2v) is 6.32. The minimum Gasteiger partial charge on any atom is -0.423 e. The van der Waals surface area contributed by atoms with E-state index in [0.717, 1.165) is 0 Å². The fourth-order valence-corrected chi connectivity index (χ4v) is 2.85. The van der Waals surface area contributed by atoms with Crippen LogP contribution in [0.15, 0.2) is 33.5 Å². The normalized spacial score (nSPS) is 16.4. The van der Waals surface area contributed by atoms with Gasteiger partial charge in [0.05, 0.1) is 6.61 Å². The molecule has 0 saturated heterocycles. The van der Waals surface area contributed by atoms with Crippen molar-refractivity contribution < 1.29 is 29.6 Å². The SMILES string of the molecule is O=C[C@H](Nc1ccc2c(I)cc(=O)oc2c1)[C@@H](O)[C@H](O)[C@H](O)CO. The Balaban J connectivity index is 2.26. The van der Waals surface area contributed by atoms with Crippen molar-refractivity contribution in [1.82, 2.24) is 0 Å². The molecule has 1 aromatic carbocycles. The second kappa shape index (κ2) is 8.03. The zero-order valence-corrected chi connectivity index (χ0v) is 14.5. The van der Waals surface area contributed by atoms with Gasteiger partial charge in [0, 0.05) is 26.8 Å². The molecule has 0 amide bonds. The van der Waals surface area contributed by atoms with Crippen molar-refractivity contribution in [3.63, 3.8) is 0 Å². The average molecular weight is 449 g/mol. The number of aliphatic hydroxyl groups is 4. The molecule has 0 aliphatic carbocycles. The first-order chi connectivity index (χ1) is 11.4. The minimum atomic E-state index is -1.71. The maximum Gasteiger partial charge on any atom is 0.337 e. The van der Waals surface area contributed by atoms with Crippen LogP contribution in [0.2, 0.25) is 0 Å². The van der Waals surface area contributed by atoms with E-state index in [1.165, 1.54) is 12.1 Å². The summed E-state index contributed by atoms with van der Waals surface area (Å²) < 4.78 is 5.80. The quantitative estimate of drug-likeness (QED) is 0.216. The molecule has 0 unspecified atom stereocenters. The van der Waals surface area contributed by atoms with Gasteiger partial charge in [-0.25, -0.2) is 4.79 Å². The smallest absolute Gasteiger partial charge is 0.337 e. The van der Waals surface area contributed by atoms with Gasteiger partial charge in [0.15, 0.2) is 0 Å². The van der Waals surface area contributed by atoms with Gasteiger partial charge in [-0.05, 0) is 34.7 Å². The van der Waals surface area contributed by atoms with Gasteiger partial charge in [-0.1, -0.05) is 0 Å². The van der Waals surface area contributed by atoms with Crippen LogP contribution in [0, 0.1) is 3.57 Å². The molecule has 24 heavy (non-hydrogen) atoms. The molecule has 0 aliphatic rings. The molecular formula is C15H16INO7. The lowest BCUT2D eigenvalue weighted by Gasteiger charge is -2.26. The van der Waals surface area contributed by atoms with Crippen LogP contribution in [0.1, 0.15) is 0 Å². The maximum absolute atomic E-state index is 11.4. The first-order valence-corrected chi connectivity index (χ1v) is 8.05. The molecule has 130 valence electrons. The third kappa shape index (κ3) is 4.11. The predicted molar refractivity (Wildman–Crippen MR) is 93.8 cm³/mol. The largest absolute Gasteiger partial charge is 0.423 e. The fourth-order valence-electron chi connectivity index (χ4n) is 2.15. The molecule has 1 heterocycles. The summed E-state index contributed by atoms with van der Waals surface area (Å²) in [4.78, 5) is 22.6. The number of fused-ring (bicyclic) bond motifs is 1. The molecule has 9 heteroatoms. The number of aldehydes is 1. The molecule has 0 bridgehead atoms. The number of benzene rings is 1. The van der Waals surface area contributed by atoms with Crippen LogP contribution >= 0.6 is 22.6 Å². The molecule has 2 rings (SSSR count). The van der Waals surface area contributed by atoms with Crippen molar-refractivity contribution >= 4 is 45.5 Å². The summed E-state index contributed by atoms with van der Waals surface area (Å²) in [7, 11) is 0. The van der Waals surface area contributed by atoms with E-state index in [1.807, 2.05) is 22.6 Å². The topological polar surface area (TPSA) is 140 Å². The number of nitrogens with one attached hydrogen (secondary N) is 1. The Bertz CT molecular complexity index is 778. The van der Waals surface area contributed by atoms with E-state index in [1.54, 1.807) is 12.1 Å². The average Bonchev–Trinajstić information content (AvgIpc) is 2.57. The summed E-state index contributed by atoms with van der Waals surface area (Å²) in [5, 5.41) is 41.2. The van der Waals surface area contributed by atoms with Crippen molar-refractivity contribution in [3.8, 4) is 0 Å². The molecule has 0 fully saturated rings. The molecule has 0 aliphatic heterocycles. The van der Waals surface area contributed by atoms with E-state index < -0.39 is 36.6 Å². The number of carbonyl (C=O) groups is 1. The Morgan fingerprint density at radius 2 is 1.92 bits per heavy atom. The van der Waals surface area contributed by atoms with Crippen molar-refractivity contribution in [2.24, 2.45) is 0 Å². The molecule has 5 N–H and O–H groups in total. The molecule has 0 radical (unpaired) electrons. The Morgan fingerprint density at radius 1 is 1.21 bits per heavy atom. The lowest BCUT2D eigenvalue weighted by atomic mass is 10.0. The van der Waals surface area contributed by atoms with Gasteiger partial charge < -0.3 is 35.0 Å². The van der Waals surface area contributed by atoms with E-state index >= 15 is 0 Å². The molecule has 0 spiro atoms. The predicted octanol–water partition coefficient (Wildman–Crippen LogP) is -0.548. The third-order valence-corrected chi connectivity index (χ3v) is 4.37. The standard InChI is InChI=1S/C15H16INO7/c16-9-4-13(21)24-12-3-7(1-2-8(9)12)17-10(5-18)14(22)15(23)11(20)6-19/h1-5,10-11,14-15,17,19-20,22-23H,6H2/t10-,11+,14+,15+/m0/s1. The van der Waals surface area contributed by atoms with Gasteiger partial charge in [0.1, 0.15) is 36.2 Å². The zero-order chi connectivity index (χ0) is 17.9. The van der Waals surface area contributed by atoms with Gasteiger partial charge >= 0.3 is 5.63 Å². The Hall–Kier alpha value is -1.53. The summed E-state index contributed by atoms with van der Waals surface area (Å²) in [6.07, 6.45) is -4.58. The molecule has 1 aromatic heterocycles. The van der Waals surface area contributed by atoms with Gasteiger partial charge in [-0.2, -0.15) is 0 Å². The lowest BCUT2D eigenvalue weighted by Crippen LogP contribution is -2.49. The first kappa shape index (κ1) is 18.8. The number of rotatable bonds is 7. The third-order valence-electron chi connectivity index (χ3n) is 3.47. The summed E-state index contributed by atoms with van der Waals surface area (Å²) >= 11 is 2.00. The number of carbonyl (C=O) groups excluding carboxylic acids is 1. The highest BCUT2D eigenvalue weighted by Gasteiger charge is 2.31. The van der Waals surface area contributed by atoms with E-state index in [2.05, 4.69) is 5.32 Å². The molecular weight excluding hydrogens is 433 g/mol. The van der Waals surface area contributed by atoms with Crippen molar-refractivity contribution in [2.45, 2.75) is 24.4 Å². The Morgan fingerprint density at radius 3 is 2.54 bits per heavy atom. The van der Waals surface area contributed by atoms with Gasteiger partial charge in [0.25, 0.3) is 0 Å². The van der Waals surface area contributed by atoms with Crippen LogP contribution in [0.4, 0.5) is 5.69 Å². The summed E-state index contributed by atoms with van der Waals surface area (Å²) in [5.74, 6) is 0. The Labute approximate surface area is 149 Å². The molecule has 8 nitrogen and oxygen atoms in total. The summed E-state index contributed by atoms with van der Waals surface area (Å²) in [5.41, 5.74) is 0.152. The fraction of sp³-hybridized carbons (Fsp3) is 0.333. The number of hydrogen-bond donors (Lipinski definition) is 5. The van der Waals surface area contributed by atoms with Crippen LogP contribution in [0.25, 0.3) is 11.0 Å². The van der Waals surface area contributed by atoms with Crippen molar-refractivity contribution in [1.29, 1.82) is 0 Å². The van der Waals surface area contributed by atoms with Crippen LogP contribution in [0.5, 0.6) is 0 Å². The molecule has 4 atom stereocenters. The summed E-state index contributed by atoms with van der Waals surface area (Å²) in [6, 6.07) is 4.88. The Kier molecular flexibility index (Phi) is 6.29. The lowest BCUT2D eigenvalue weighted by molar-refractivity contribution is -0.117. The highest BCUT2D eigenvalue weighted by Crippen LogP contribution is 2.23. The van der Waals surface area contributed by atoms with Crippen LogP contribution in [-0.4, -0.2) is 57.7 Å². The molecule has 2 aromatic rings. The van der Waals surface area contributed by atoms with Crippen LogP contribution in [-0.2, 0) is 4.79 Å². The molecule has 0 saturated carbocycles. The number of hydrogen-bond acceptors (Lipinski definition) is 8. The highest BCUT2D eigenvalue weighted by molar-refractivity contribution is 14.1. The maximum atomic E-state index is 11.4. The van der Waals surface area contributed by atoms with Gasteiger partial charge in [-0.15, -0.1) is 0 Å².